The molecule has 2 rings (SSSR count). The van der Waals surface area contributed by atoms with Crippen molar-refractivity contribution in [2.45, 2.75) is 47.5 Å². The maximum atomic E-state index is 9.61. The Hall–Kier alpha value is -0.300. The van der Waals surface area contributed by atoms with Gasteiger partial charge < -0.3 is 5.11 Å². The topological polar surface area (TPSA) is 20.2 Å². The van der Waals surface area contributed by atoms with E-state index in [-0.39, 0.29) is 5.41 Å². The van der Waals surface area contributed by atoms with E-state index in [4.69, 9.17) is 0 Å². The van der Waals surface area contributed by atoms with Gasteiger partial charge in [-0.1, -0.05) is 46.8 Å². The molecule has 0 aliphatic heterocycles. The highest BCUT2D eigenvalue weighted by atomic mass is 16.3. The summed E-state index contributed by atoms with van der Waals surface area (Å²) in [4.78, 5) is 0. The van der Waals surface area contributed by atoms with Crippen LogP contribution in [0, 0.1) is 28.1 Å². The van der Waals surface area contributed by atoms with Gasteiger partial charge in [-0.05, 0) is 40.9 Å². The second-order valence-corrected chi connectivity index (χ2v) is 7.44. The Bertz CT molecular complexity index is 313. The zero-order valence-corrected chi connectivity index (χ0v) is 11.4. The molecule has 1 N–H and O–H groups in total. The Morgan fingerprint density at radius 1 is 1.19 bits per heavy atom. The second-order valence-electron chi connectivity index (χ2n) is 7.44. The number of hydrogen-bond donors (Lipinski definition) is 1. The van der Waals surface area contributed by atoms with E-state index in [0.29, 0.717) is 29.3 Å². The van der Waals surface area contributed by atoms with E-state index in [1.807, 2.05) is 0 Å². The van der Waals surface area contributed by atoms with Crippen LogP contribution in [0.3, 0.4) is 0 Å². The molecule has 1 saturated carbocycles. The number of hydrogen-bond acceptors (Lipinski definition) is 1. The van der Waals surface area contributed by atoms with Crippen molar-refractivity contribution in [2.75, 3.05) is 6.61 Å². The monoisotopic (exact) mass is 222 g/mol. The first-order valence-electron chi connectivity index (χ1n) is 6.52. The number of allylic oxidation sites excluding steroid dienone is 2. The quantitative estimate of drug-likeness (QED) is 0.672. The van der Waals surface area contributed by atoms with Gasteiger partial charge in [0.1, 0.15) is 0 Å². The highest BCUT2D eigenvalue weighted by molar-refractivity contribution is 5.19. The lowest BCUT2D eigenvalue weighted by Gasteiger charge is -2.50. The molecule has 0 aromatic heterocycles. The molecule has 2 aliphatic carbocycles. The molecule has 3 atom stereocenters. The summed E-state index contributed by atoms with van der Waals surface area (Å²) >= 11 is 0. The van der Waals surface area contributed by atoms with Crippen molar-refractivity contribution in [3.05, 3.63) is 12.2 Å². The average Bonchev–Trinajstić information content (AvgIpc) is 2.32. The molecule has 0 unspecified atom stereocenters. The standard InChI is InChI=1S/C15H26O/c1-13(2)7-6-8-15(5)9-11(10-16)14(3,4)12(13)15/h6,8,11-12,16H,7,9-10H2,1-5H3/t11-,12+,15+/m1/s1. The van der Waals surface area contributed by atoms with Gasteiger partial charge in [0.05, 0.1) is 0 Å². The second kappa shape index (κ2) is 3.35. The molecular formula is C15H26O. The summed E-state index contributed by atoms with van der Waals surface area (Å²) in [6.07, 6.45) is 7.09. The summed E-state index contributed by atoms with van der Waals surface area (Å²) in [7, 11) is 0. The minimum Gasteiger partial charge on any atom is -0.396 e. The summed E-state index contributed by atoms with van der Waals surface area (Å²) in [5.74, 6) is 1.12. The molecular weight excluding hydrogens is 196 g/mol. The molecule has 16 heavy (non-hydrogen) atoms. The molecule has 0 heterocycles. The van der Waals surface area contributed by atoms with Crippen molar-refractivity contribution in [3.8, 4) is 0 Å². The maximum Gasteiger partial charge on any atom is 0.0464 e. The number of aliphatic hydroxyl groups is 1. The Kier molecular flexibility index (Phi) is 2.55. The number of fused-ring (bicyclic) bond motifs is 1. The molecule has 1 nitrogen and oxygen atoms in total. The number of aliphatic hydroxyl groups excluding tert-OH is 1. The Labute approximate surface area is 99.9 Å². The van der Waals surface area contributed by atoms with Crippen LogP contribution in [0.5, 0.6) is 0 Å². The summed E-state index contributed by atoms with van der Waals surface area (Å²) in [5.41, 5.74) is 0.896. The van der Waals surface area contributed by atoms with Gasteiger partial charge in [-0.3, -0.25) is 0 Å². The van der Waals surface area contributed by atoms with Crippen molar-refractivity contribution < 1.29 is 5.11 Å². The van der Waals surface area contributed by atoms with Gasteiger partial charge in [0.15, 0.2) is 0 Å². The maximum absolute atomic E-state index is 9.61. The molecule has 0 radical (unpaired) electrons. The summed E-state index contributed by atoms with van der Waals surface area (Å²) in [5, 5.41) is 9.61. The minimum atomic E-state index is 0.248. The first kappa shape index (κ1) is 12.2. The smallest absolute Gasteiger partial charge is 0.0464 e. The molecule has 0 saturated heterocycles. The van der Waals surface area contributed by atoms with E-state index in [1.165, 1.54) is 6.42 Å². The third kappa shape index (κ3) is 1.48. The molecule has 92 valence electrons. The predicted octanol–water partition coefficient (Wildman–Crippen LogP) is 3.63. The zero-order chi connectivity index (χ0) is 12.2. The van der Waals surface area contributed by atoms with Gasteiger partial charge in [0, 0.05) is 6.61 Å². The van der Waals surface area contributed by atoms with Crippen LogP contribution >= 0.6 is 0 Å². The van der Waals surface area contributed by atoms with E-state index >= 15 is 0 Å². The number of rotatable bonds is 1. The van der Waals surface area contributed by atoms with E-state index in [0.717, 1.165) is 6.42 Å². The molecule has 2 aliphatic rings. The van der Waals surface area contributed by atoms with Crippen molar-refractivity contribution in [1.29, 1.82) is 0 Å². The first-order chi connectivity index (χ1) is 7.24. The molecule has 0 amide bonds. The van der Waals surface area contributed by atoms with E-state index < -0.39 is 0 Å². The van der Waals surface area contributed by atoms with Gasteiger partial charge in [-0.2, -0.15) is 0 Å². The van der Waals surface area contributed by atoms with Crippen LogP contribution in [0.4, 0.5) is 0 Å². The highest BCUT2D eigenvalue weighted by Gasteiger charge is 2.59. The zero-order valence-electron chi connectivity index (χ0n) is 11.4. The van der Waals surface area contributed by atoms with Gasteiger partial charge >= 0.3 is 0 Å². The van der Waals surface area contributed by atoms with Crippen LogP contribution in [0.25, 0.3) is 0 Å². The predicted molar refractivity (Wildman–Crippen MR) is 68.1 cm³/mol. The minimum absolute atomic E-state index is 0.248. The average molecular weight is 222 g/mol. The first-order valence-corrected chi connectivity index (χ1v) is 6.52. The SMILES string of the molecule is CC1(C)CC=C[C@@]2(C)C[C@H](CO)C(C)(C)[C@H]12. The lowest BCUT2D eigenvalue weighted by molar-refractivity contribution is 0.0128. The van der Waals surface area contributed by atoms with E-state index in [9.17, 15) is 5.11 Å². The van der Waals surface area contributed by atoms with Crippen LogP contribution in [-0.4, -0.2) is 11.7 Å². The highest BCUT2D eigenvalue weighted by Crippen LogP contribution is 2.65. The van der Waals surface area contributed by atoms with Gasteiger partial charge in [0.2, 0.25) is 0 Å². The van der Waals surface area contributed by atoms with Crippen molar-refractivity contribution in [1.82, 2.24) is 0 Å². The lowest BCUT2D eigenvalue weighted by Crippen LogP contribution is -2.43. The van der Waals surface area contributed by atoms with Crippen molar-refractivity contribution in [2.24, 2.45) is 28.1 Å². The fourth-order valence-corrected chi connectivity index (χ4v) is 5.11. The van der Waals surface area contributed by atoms with Crippen molar-refractivity contribution in [3.63, 3.8) is 0 Å². The van der Waals surface area contributed by atoms with Gasteiger partial charge in [-0.25, -0.2) is 0 Å². The third-order valence-electron chi connectivity index (χ3n) is 5.29. The molecule has 0 bridgehead atoms. The normalized spacial score (nSPS) is 44.4. The third-order valence-corrected chi connectivity index (χ3v) is 5.29. The molecule has 0 aromatic carbocycles. The van der Waals surface area contributed by atoms with Crippen LogP contribution in [-0.2, 0) is 0 Å². The van der Waals surface area contributed by atoms with Crippen molar-refractivity contribution >= 4 is 0 Å². The fourth-order valence-electron chi connectivity index (χ4n) is 5.11. The molecule has 0 aromatic rings. The summed E-state index contributed by atoms with van der Waals surface area (Å²) in [6, 6.07) is 0. The molecule has 1 fully saturated rings. The summed E-state index contributed by atoms with van der Waals surface area (Å²) in [6.45, 7) is 12.2. The summed E-state index contributed by atoms with van der Waals surface area (Å²) < 4.78 is 0. The fraction of sp³-hybridized carbons (Fsp3) is 0.867. The van der Waals surface area contributed by atoms with Gasteiger partial charge in [0.25, 0.3) is 0 Å². The molecule has 1 heteroatoms. The van der Waals surface area contributed by atoms with Crippen LogP contribution in [0.2, 0.25) is 0 Å². The van der Waals surface area contributed by atoms with E-state index in [2.05, 4.69) is 46.8 Å². The molecule has 0 spiro atoms. The lowest BCUT2D eigenvalue weighted by atomic mass is 9.55. The van der Waals surface area contributed by atoms with Crippen LogP contribution < -0.4 is 0 Å². The largest absolute Gasteiger partial charge is 0.396 e. The van der Waals surface area contributed by atoms with Crippen LogP contribution in [0.15, 0.2) is 12.2 Å². The van der Waals surface area contributed by atoms with E-state index in [1.54, 1.807) is 0 Å². The Morgan fingerprint density at radius 2 is 1.81 bits per heavy atom. The van der Waals surface area contributed by atoms with Gasteiger partial charge in [-0.15, -0.1) is 0 Å². The van der Waals surface area contributed by atoms with Crippen LogP contribution in [0.1, 0.15) is 47.5 Å². The Balaban J connectivity index is 2.47. The Morgan fingerprint density at radius 3 is 2.31 bits per heavy atom.